The summed E-state index contributed by atoms with van der Waals surface area (Å²) in [6.45, 7) is 6.34. The van der Waals surface area contributed by atoms with Crippen molar-refractivity contribution in [1.82, 2.24) is 4.90 Å². The van der Waals surface area contributed by atoms with Crippen LogP contribution in [0.1, 0.15) is 33.6 Å². The molecule has 1 aromatic carbocycles. The molecule has 3 rings (SSSR count). The molecule has 0 bridgehead atoms. The van der Waals surface area contributed by atoms with Crippen molar-refractivity contribution in [2.45, 2.75) is 45.3 Å². The van der Waals surface area contributed by atoms with E-state index in [1.165, 1.54) is 37.3 Å². The summed E-state index contributed by atoms with van der Waals surface area (Å²) in [4.78, 5) is 40.6. The molecule has 0 saturated carbocycles. The first-order chi connectivity index (χ1) is 17.1. The van der Waals surface area contributed by atoms with Crippen molar-refractivity contribution in [2.24, 2.45) is 0 Å². The maximum absolute atomic E-state index is 15.1. The van der Waals surface area contributed by atoms with Crippen LogP contribution in [0.25, 0.3) is 0 Å². The molecular formula is C26H32FN3O6. The SMILES string of the molecule is COC(=O)C1=C(C(=O)OC)N(c2cccc(F)c2NC2CCN(C(=O)OC(C)(C)C)CC2)C=CC=C1. The van der Waals surface area contributed by atoms with E-state index in [1.54, 1.807) is 29.3 Å². The Kier molecular flexibility index (Phi) is 8.39. The quantitative estimate of drug-likeness (QED) is 0.475. The molecule has 194 valence electrons. The van der Waals surface area contributed by atoms with E-state index in [0.717, 1.165) is 0 Å². The second-order valence-corrected chi connectivity index (χ2v) is 9.34. The number of methoxy groups -OCH3 is 2. The molecule has 1 aromatic rings. The van der Waals surface area contributed by atoms with Crippen molar-refractivity contribution in [3.8, 4) is 0 Å². The molecule has 2 aliphatic rings. The Labute approximate surface area is 210 Å². The Morgan fingerprint density at radius 3 is 2.31 bits per heavy atom. The summed E-state index contributed by atoms with van der Waals surface area (Å²) in [6, 6.07) is 4.32. The molecule has 1 N–H and O–H groups in total. The normalized spacial score (nSPS) is 16.5. The number of benzene rings is 1. The van der Waals surface area contributed by atoms with Crippen molar-refractivity contribution in [2.75, 3.05) is 37.5 Å². The molecule has 1 amide bonds. The fourth-order valence-electron chi connectivity index (χ4n) is 3.94. The van der Waals surface area contributed by atoms with Crippen LogP contribution in [0.15, 0.2) is 53.9 Å². The predicted molar refractivity (Wildman–Crippen MR) is 133 cm³/mol. The number of rotatable bonds is 5. The highest BCUT2D eigenvalue weighted by Crippen LogP contribution is 2.35. The molecule has 0 radical (unpaired) electrons. The van der Waals surface area contributed by atoms with Crippen molar-refractivity contribution < 1.29 is 33.0 Å². The zero-order valence-corrected chi connectivity index (χ0v) is 21.2. The Morgan fingerprint density at radius 1 is 1.03 bits per heavy atom. The number of hydrogen-bond acceptors (Lipinski definition) is 8. The zero-order valence-electron chi connectivity index (χ0n) is 21.2. The lowest BCUT2D eigenvalue weighted by Gasteiger charge is -2.35. The number of nitrogens with zero attached hydrogens (tertiary/aromatic N) is 2. The van der Waals surface area contributed by atoms with Gasteiger partial charge in [0.25, 0.3) is 0 Å². The minimum atomic E-state index is -0.785. The van der Waals surface area contributed by atoms with Gasteiger partial charge in [-0.3, -0.25) is 0 Å². The maximum atomic E-state index is 15.1. The smallest absolute Gasteiger partial charge is 0.410 e. The number of carbonyl (C=O) groups is 3. The van der Waals surface area contributed by atoms with Gasteiger partial charge in [-0.2, -0.15) is 0 Å². The predicted octanol–water partition coefficient (Wildman–Crippen LogP) is 4.13. The van der Waals surface area contributed by atoms with Crippen LogP contribution in [-0.4, -0.2) is 61.9 Å². The number of esters is 2. The van der Waals surface area contributed by atoms with Crippen molar-refractivity contribution in [1.29, 1.82) is 0 Å². The Morgan fingerprint density at radius 2 is 1.69 bits per heavy atom. The molecule has 9 nitrogen and oxygen atoms in total. The summed E-state index contributed by atoms with van der Waals surface area (Å²) in [5.41, 5.74) is -0.257. The lowest BCUT2D eigenvalue weighted by Crippen LogP contribution is -2.44. The van der Waals surface area contributed by atoms with Crippen molar-refractivity contribution in [3.63, 3.8) is 0 Å². The molecule has 2 heterocycles. The lowest BCUT2D eigenvalue weighted by molar-refractivity contribution is -0.139. The minimum Gasteiger partial charge on any atom is -0.465 e. The molecule has 0 unspecified atom stereocenters. The van der Waals surface area contributed by atoms with Gasteiger partial charge in [0.05, 0.1) is 31.2 Å². The first-order valence-corrected chi connectivity index (χ1v) is 11.6. The molecular weight excluding hydrogens is 469 g/mol. The third-order valence-corrected chi connectivity index (χ3v) is 5.64. The van der Waals surface area contributed by atoms with Crippen LogP contribution in [0, 0.1) is 5.82 Å². The fourth-order valence-corrected chi connectivity index (χ4v) is 3.94. The summed E-state index contributed by atoms with van der Waals surface area (Å²) >= 11 is 0. The Balaban J connectivity index is 1.89. The third-order valence-electron chi connectivity index (χ3n) is 5.64. The van der Waals surface area contributed by atoms with Gasteiger partial charge in [-0.05, 0) is 57.9 Å². The number of allylic oxidation sites excluding steroid dienone is 2. The van der Waals surface area contributed by atoms with Gasteiger partial charge < -0.3 is 29.3 Å². The summed E-state index contributed by atoms with van der Waals surface area (Å²) in [6.07, 6.45) is 6.94. The molecule has 0 aliphatic carbocycles. The number of hydrogen-bond donors (Lipinski definition) is 1. The zero-order chi connectivity index (χ0) is 26.5. The molecule has 0 aromatic heterocycles. The number of anilines is 2. The third kappa shape index (κ3) is 6.24. The molecule has 36 heavy (non-hydrogen) atoms. The van der Waals surface area contributed by atoms with Crippen LogP contribution in [0.5, 0.6) is 0 Å². The van der Waals surface area contributed by atoms with Crippen molar-refractivity contribution in [3.05, 3.63) is 59.7 Å². The molecule has 2 aliphatic heterocycles. The monoisotopic (exact) mass is 501 g/mol. The Bertz CT molecular complexity index is 1100. The average Bonchev–Trinajstić information content (AvgIpc) is 3.06. The minimum absolute atomic E-state index is 0.0322. The number of halogens is 1. The van der Waals surface area contributed by atoms with Gasteiger partial charge in [-0.15, -0.1) is 0 Å². The van der Waals surface area contributed by atoms with E-state index >= 15 is 4.39 Å². The summed E-state index contributed by atoms with van der Waals surface area (Å²) < 4.78 is 30.4. The highest BCUT2D eigenvalue weighted by molar-refractivity contribution is 6.06. The van der Waals surface area contributed by atoms with E-state index in [2.05, 4.69) is 5.32 Å². The van der Waals surface area contributed by atoms with Gasteiger partial charge in [0.15, 0.2) is 0 Å². The summed E-state index contributed by atoms with van der Waals surface area (Å²) in [5.74, 6) is -2.05. The second-order valence-electron chi connectivity index (χ2n) is 9.34. The van der Waals surface area contributed by atoms with Crippen LogP contribution >= 0.6 is 0 Å². The van der Waals surface area contributed by atoms with Gasteiger partial charge in [-0.25, -0.2) is 18.8 Å². The molecule has 1 fully saturated rings. The number of carbonyl (C=O) groups excluding carboxylic acids is 3. The Hall–Kier alpha value is -3.82. The van der Waals surface area contributed by atoms with Crippen LogP contribution in [0.2, 0.25) is 0 Å². The van der Waals surface area contributed by atoms with E-state index in [9.17, 15) is 14.4 Å². The van der Waals surface area contributed by atoms with E-state index in [1.807, 2.05) is 20.8 Å². The van der Waals surface area contributed by atoms with Crippen LogP contribution in [0.4, 0.5) is 20.6 Å². The molecule has 0 atom stereocenters. The topological polar surface area (TPSA) is 97.4 Å². The first kappa shape index (κ1) is 26.8. The molecule has 10 heteroatoms. The highest BCUT2D eigenvalue weighted by Gasteiger charge is 2.31. The van der Waals surface area contributed by atoms with Crippen LogP contribution in [0.3, 0.4) is 0 Å². The summed E-state index contributed by atoms with van der Waals surface area (Å²) in [7, 11) is 2.41. The van der Waals surface area contributed by atoms with Gasteiger partial charge in [-0.1, -0.05) is 12.1 Å². The lowest BCUT2D eigenvalue weighted by atomic mass is 10.0. The first-order valence-electron chi connectivity index (χ1n) is 11.6. The van der Waals surface area contributed by atoms with Crippen molar-refractivity contribution >= 4 is 29.4 Å². The van der Waals surface area contributed by atoms with Gasteiger partial charge in [0.1, 0.15) is 17.1 Å². The number of piperidine rings is 1. The standard InChI is InChI=1S/C26H32FN3O6/c1-26(2,3)36-25(33)29-15-12-17(13-16-29)28-21-19(27)10-8-11-20(21)30-14-7-6-9-18(23(31)34-4)22(30)24(32)35-5/h6-11,14,17,28H,12-13,15-16H2,1-5H3. The fraction of sp³-hybridized carbons (Fsp3) is 0.423. The highest BCUT2D eigenvalue weighted by atomic mass is 19.1. The van der Waals surface area contributed by atoms with E-state index in [-0.39, 0.29) is 29.1 Å². The number of ether oxygens (including phenoxy) is 3. The van der Waals surface area contributed by atoms with Gasteiger partial charge in [0.2, 0.25) is 0 Å². The van der Waals surface area contributed by atoms with Crippen LogP contribution < -0.4 is 10.2 Å². The number of para-hydroxylation sites is 1. The number of amides is 1. The van der Waals surface area contributed by atoms with E-state index < -0.39 is 23.4 Å². The molecule has 0 spiro atoms. The van der Waals surface area contributed by atoms with E-state index in [0.29, 0.717) is 31.6 Å². The average molecular weight is 502 g/mol. The van der Waals surface area contributed by atoms with Gasteiger partial charge >= 0.3 is 18.0 Å². The maximum Gasteiger partial charge on any atom is 0.410 e. The number of nitrogens with one attached hydrogen (secondary N) is 1. The van der Waals surface area contributed by atoms with E-state index in [4.69, 9.17) is 14.2 Å². The second kappa shape index (κ2) is 11.3. The van der Waals surface area contributed by atoms with Crippen LogP contribution in [-0.2, 0) is 23.8 Å². The largest absolute Gasteiger partial charge is 0.465 e. The summed E-state index contributed by atoms with van der Waals surface area (Å²) in [5, 5.41) is 3.24. The molecule has 1 saturated heterocycles. The number of likely N-dealkylation sites (tertiary alicyclic amines) is 1. The van der Waals surface area contributed by atoms with Gasteiger partial charge in [0, 0.05) is 25.3 Å².